The molecular formula is C28H34O. The first-order valence-corrected chi connectivity index (χ1v) is 11.5. The summed E-state index contributed by atoms with van der Waals surface area (Å²) in [6.45, 7) is 2.34. The molecule has 2 aromatic rings. The average Bonchev–Trinajstić information content (AvgIpc) is 2.78. The summed E-state index contributed by atoms with van der Waals surface area (Å²) in [5.74, 6) is 11.2. The highest BCUT2D eigenvalue weighted by Crippen LogP contribution is 2.48. The van der Waals surface area contributed by atoms with E-state index in [1.54, 1.807) is 7.11 Å². The number of hydrogen-bond donors (Lipinski definition) is 0. The Bertz CT molecular complexity index is 837. The molecule has 4 rings (SSSR count). The van der Waals surface area contributed by atoms with E-state index in [-0.39, 0.29) is 0 Å². The van der Waals surface area contributed by atoms with Crippen molar-refractivity contribution < 1.29 is 4.74 Å². The summed E-state index contributed by atoms with van der Waals surface area (Å²) in [7, 11) is 1.69. The first-order chi connectivity index (χ1) is 14.2. The minimum Gasteiger partial charge on any atom is -0.497 e. The summed E-state index contributed by atoms with van der Waals surface area (Å²) in [5, 5.41) is 0. The zero-order valence-electron chi connectivity index (χ0n) is 18.0. The van der Waals surface area contributed by atoms with Gasteiger partial charge in [-0.1, -0.05) is 50.2 Å². The van der Waals surface area contributed by atoms with Crippen LogP contribution in [0.1, 0.15) is 80.9 Å². The van der Waals surface area contributed by atoms with Crippen LogP contribution in [0.3, 0.4) is 0 Å². The number of hydrogen-bond acceptors (Lipinski definition) is 1. The van der Waals surface area contributed by atoms with Crippen LogP contribution in [0.15, 0.2) is 48.5 Å². The Hall–Kier alpha value is -2.20. The van der Waals surface area contributed by atoms with Crippen molar-refractivity contribution >= 4 is 0 Å². The van der Waals surface area contributed by atoms with E-state index in [2.05, 4.69) is 43.0 Å². The van der Waals surface area contributed by atoms with Gasteiger partial charge in [-0.3, -0.25) is 0 Å². The minimum atomic E-state index is 0.752. The molecule has 152 valence electrons. The van der Waals surface area contributed by atoms with Crippen LogP contribution in [0.4, 0.5) is 0 Å². The predicted octanol–water partition coefficient (Wildman–Crippen LogP) is 7.20. The molecule has 1 heteroatoms. The number of fused-ring (bicyclic) bond motifs is 1. The SMILES string of the molecule is CCCC1CCC2CC(c3ccc(C#Cc4ccc(OC)cc4)cc3)CCC2C1. The van der Waals surface area contributed by atoms with Crippen LogP contribution in [0.25, 0.3) is 0 Å². The molecule has 2 fully saturated rings. The topological polar surface area (TPSA) is 9.23 Å². The molecular weight excluding hydrogens is 352 g/mol. The normalized spacial score (nSPS) is 26.1. The summed E-state index contributed by atoms with van der Waals surface area (Å²) >= 11 is 0. The Morgan fingerprint density at radius 2 is 1.41 bits per heavy atom. The second-order valence-electron chi connectivity index (χ2n) is 9.10. The van der Waals surface area contributed by atoms with Gasteiger partial charge in [-0.05, 0) is 97.7 Å². The van der Waals surface area contributed by atoms with Crippen LogP contribution >= 0.6 is 0 Å². The Morgan fingerprint density at radius 1 is 0.793 bits per heavy atom. The maximum absolute atomic E-state index is 5.20. The quantitative estimate of drug-likeness (QED) is 0.505. The van der Waals surface area contributed by atoms with Gasteiger partial charge in [-0.15, -0.1) is 0 Å². The molecule has 0 amide bonds. The third-order valence-electron chi connectivity index (χ3n) is 7.24. The lowest BCUT2D eigenvalue weighted by Gasteiger charge is -2.42. The smallest absolute Gasteiger partial charge is 0.118 e. The molecule has 0 saturated heterocycles. The number of methoxy groups -OCH3 is 1. The first-order valence-electron chi connectivity index (χ1n) is 11.5. The summed E-state index contributed by atoms with van der Waals surface area (Å²) < 4.78 is 5.20. The van der Waals surface area contributed by atoms with Crippen molar-refractivity contribution in [2.45, 2.75) is 64.2 Å². The summed E-state index contributed by atoms with van der Waals surface area (Å²) in [6, 6.07) is 17.0. The maximum atomic E-state index is 5.20. The highest BCUT2D eigenvalue weighted by Gasteiger charge is 2.35. The van der Waals surface area contributed by atoms with Crippen LogP contribution in [-0.4, -0.2) is 7.11 Å². The lowest BCUT2D eigenvalue weighted by molar-refractivity contribution is 0.114. The van der Waals surface area contributed by atoms with Crippen molar-refractivity contribution in [1.82, 2.24) is 0 Å². The molecule has 2 aromatic carbocycles. The highest BCUT2D eigenvalue weighted by molar-refractivity contribution is 5.45. The maximum Gasteiger partial charge on any atom is 0.118 e. The third-order valence-corrected chi connectivity index (χ3v) is 7.24. The zero-order chi connectivity index (χ0) is 20.1. The fourth-order valence-corrected chi connectivity index (χ4v) is 5.62. The Morgan fingerprint density at radius 3 is 2.07 bits per heavy atom. The Kier molecular flexibility index (Phi) is 6.60. The van der Waals surface area contributed by atoms with E-state index in [0.29, 0.717) is 0 Å². The number of benzene rings is 2. The largest absolute Gasteiger partial charge is 0.497 e. The molecule has 0 aromatic heterocycles. The lowest BCUT2D eigenvalue weighted by atomic mass is 9.63. The molecule has 0 heterocycles. The van der Waals surface area contributed by atoms with E-state index in [0.717, 1.165) is 40.5 Å². The average molecular weight is 387 g/mol. The van der Waals surface area contributed by atoms with Crippen molar-refractivity contribution in [2.24, 2.45) is 17.8 Å². The van der Waals surface area contributed by atoms with E-state index in [1.165, 1.54) is 56.9 Å². The van der Waals surface area contributed by atoms with Gasteiger partial charge in [0.25, 0.3) is 0 Å². The van der Waals surface area contributed by atoms with E-state index in [1.807, 2.05) is 24.3 Å². The van der Waals surface area contributed by atoms with Crippen molar-refractivity contribution in [1.29, 1.82) is 0 Å². The molecule has 4 unspecified atom stereocenters. The van der Waals surface area contributed by atoms with Gasteiger partial charge in [0.2, 0.25) is 0 Å². The van der Waals surface area contributed by atoms with Gasteiger partial charge in [0.1, 0.15) is 5.75 Å². The molecule has 2 aliphatic carbocycles. The summed E-state index contributed by atoms with van der Waals surface area (Å²) in [5.41, 5.74) is 3.64. The second-order valence-corrected chi connectivity index (χ2v) is 9.10. The van der Waals surface area contributed by atoms with Crippen LogP contribution < -0.4 is 4.74 Å². The molecule has 0 bridgehead atoms. The van der Waals surface area contributed by atoms with Gasteiger partial charge in [0.15, 0.2) is 0 Å². The van der Waals surface area contributed by atoms with Crippen LogP contribution in [0.5, 0.6) is 5.75 Å². The van der Waals surface area contributed by atoms with E-state index < -0.39 is 0 Å². The standard InChI is InChI=1S/C28H34O/c1-3-4-23-9-14-27-20-26(16-15-25(27)19-23)24-12-7-21(8-13-24)5-6-22-10-17-28(29-2)18-11-22/h7-8,10-13,17-18,23,25-27H,3-4,9,14-16,19-20H2,1-2H3. The first kappa shape index (κ1) is 20.1. The Labute approximate surface area is 176 Å². The van der Waals surface area contributed by atoms with Gasteiger partial charge in [-0.25, -0.2) is 0 Å². The molecule has 0 spiro atoms. The van der Waals surface area contributed by atoms with Crippen LogP contribution in [-0.2, 0) is 0 Å². The number of rotatable bonds is 4. The Balaban J connectivity index is 1.36. The minimum absolute atomic E-state index is 0.752. The summed E-state index contributed by atoms with van der Waals surface area (Å²) in [4.78, 5) is 0. The van der Waals surface area contributed by atoms with E-state index in [9.17, 15) is 0 Å². The summed E-state index contributed by atoms with van der Waals surface area (Å²) in [6.07, 6.45) is 11.5. The molecule has 0 N–H and O–H groups in total. The molecule has 0 radical (unpaired) electrons. The molecule has 4 atom stereocenters. The fraction of sp³-hybridized carbons (Fsp3) is 0.500. The lowest BCUT2D eigenvalue weighted by Crippen LogP contribution is -2.30. The van der Waals surface area contributed by atoms with Crippen molar-refractivity contribution in [2.75, 3.05) is 7.11 Å². The van der Waals surface area contributed by atoms with E-state index in [4.69, 9.17) is 4.74 Å². The molecule has 1 nitrogen and oxygen atoms in total. The van der Waals surface area contributed by atoms with Crippen LogP contribution in [0.2, 0.25) is 0 Å². The third kappa shape index (κ3) is 5.05. The molecule has 0 aliphatic heterocycles. The van der Waals surface area contributed by atoms with Gasteiger partial charge in [0.05, 0.1) is 7.11 Å². The van der Waals surface area contributed by atoms with E-state index >= 15 is 0 Å². The molecule has 29 heavy (non-hydrogen) atoms. The fourth-order valence-electron chi connectivity index (χ4n) is 5.62. The van der Waals surface area contributed by atoms with Gasteiger partial charge in [0, 0.05) is 11.1 Å². The highest BCUT2D eigenvalue weighted by atomic mass is 16.5. The molecule has 2 aliphatic rings. The van der Waals surface area contributed by atoms with Crippen LogP contribution in [0, 0.1) is 29.6 Å². The van der Waals surface area contributed by atoms with Crippen molar-refractivity contribution in [3.63, 3.8) is 0 Å². The van der Waals surface area contributed by atoms with Gasteiger partial charge >= 0.3 is 0 Å². The second kappa shape index (κ2) is 9.53. The van der Waals surface area contributed by atoms with Crippen molar-refractivity contribution in [3.05, 3.63) is 65.2 Å². The zero-order valence-corrected chi connectivity index (χ0v) is 18.0. The van der Waals surface area contributed by atoms with Crippen molar-refractivity contribution in [3.8, 4) is 17.6 Å². The predicted molar refractivity (Wildman–Crippen MR) is 121 cm³/mol. The van der Waals surface area contributed by atoms with Gasteiger partial charge in [-0.2, -0.15) is 0 Å². The van der Waals surface area contributed by atoms with Gasteiger partial charge < -0.3 is 4.74 Å². The molecule has 2 saturated carbocycles. The monoisotopic (exact) mass is 386 g/mol. The number of ether oxygens (including phenoxy) is 1.